The second-order valence-electron chi connectivity index (χ2n) is 11.8. The van der Waals surface area contributed by atoms with Crippen LogP contribution in [0, 0.1) is 30.1 Å². The van der Waals surface area contributed by atoms with Crippen molar-refractivity contribution < 1.29 is 8.42 Å². The Morgan fingerprint density at radius 1 is 1.03 bits per heavy atom. The SMILES string of the molecule is Cc1c(S(=O)(=O)N2CCc3c(ncnc3NCC34CC5CC(CC(C5)C3)C4)C2)cnn1-c1ccccc1. The van der Waals surface area contributed by atoms with Gasteiger partial charge in [0.15, 0.2) is 0 Å². The predicted octanol–water partition coefficient (Wildman–Crippen LogP) is 4.35. The maximum atomic E-state index is 13.6. The molecule has 194 valence electrons. The molecular weight excluding hydrogens is 484 g/mol. The van der Waals surface area contributed by atoms with E-state index in [9.17, 15) is 8.42 Å². The Morgan fingerprint density at radius 2 is 1.73 bits per heavy atom. The Balaban J connectivity index is 1.10. The minimum Gasteiger partial charge on any atom is -0.369 e. The molecule has 1 aliphatic heterocycles. The number of anilines is 1. The number of hydrogen-bond acceptors (Lipinski definition) is 6. The Morgan fingerprint density at radius 3 is 2.43 bits per heavy atom. The summed E-state index contributed by atoms with van der Waals surface area (Å²) in [4.78, 5) is 9.36. The van der Waals surface area contributed by atoms with Crippen LogP contribution in [0.5, 0.6) is 0 Å². The molecule has 8 nitrogen and oxygen atoms in total. The number of fused-ring (bicyclic) bond motifs is 1. The van der Waals surface area contributed by atoms with E-state index in [4.69, 9.17) is 0 Å². The smallest absolute Gasteiger partial charge is 0.246 e. The number of para-hydroxylation sites is 1. The van der Waals surface area contributed by atoms with E-state index >= 15 is 0 Å². The van der Waals surface area contributed by atoms with Crippen molar-refractivity contribution in [3.63, 3.8) is 0 Å². The van der Waals surface area contributed by atoms with Crippen molar-refractivity contribution >= 4 is 15.8 Å². The largest absolute Gasteiger partial charge is 0.369 e. The van der Waals surface area contributed by atoms with Crippen LogP contribution in [0.25, 0.3) is 5.69 Å². The number of rotatable bonds is 6. The van der Waals surface area contributed by atoms with Crippen LogP contribution in [0.1, 0.15) is 55.5 Å². The molecule has 4 saturated carbocycles. The van der Waals surface area contributed by atoms with E-state index in [1.54, 1.807) is 17.9 Å². The molecule has 8 rings (SSSR count). The Hall–Kier alpha value is -2.78. The van der Waals surface area contributed by atoms with Crippen molar-refractivity contribution in [2.45, 2.75) is 63.3 Å². The molecule has 1 N–H and O–H groups in total. The second kappa shape index (κ2) is 8.63. The van der Waals surface area contributed by atoms with E-state index in [0.29, 0.717) is 24.1 Å². The van der Waals surface area contributed by atoms with Gasteiger partial charge in [-0.2, -0.15) is 9.40 Å². The molecule has 4 fully saturated rings. The van der Waals surface area contributed by atoms with Crippen LogP contribution in [0.4, 0.5) is 5.82 Å². The van der Waals surface area contributed by atoms with Crippen molar-refractivity contribution in [2.24, 2.45) is 23.2 Å². The third-order valence-electron chi connectivity index (χ3n) is 9.35. The van der Waals surface area contributed by atoms with Crippen LogP contribution in [-0.4, -0.2) is 45.6 Å². The summed E-state index contributed by atoms with van der Waals surface area (Å²) in [6, 6.07) is 9.60. The van der Waals surface area contributed by atoms with E-state index < -0.39 is 10.0 Å². The van der Waals surface area contributed by atoms with E-state index in [1.165, 1.54) is 49.0 Å². The van der Waals surface area contributed by atoms with Gasteiger partial charge in [-0.3, -0.25) is 0 Å². The molecule has 4 aliphatic carbocycles. The van der Waals surface area contributed by atoms with Gasteiger partial charge in [0.2, 0.25) is 10.0 Å². The van der Waals surface area contributed by atoms with E-state index in [-0.39, 0.29) is 11.4 Å². The molecule has 3 aromatic rings. The monoisotopic (exact) mass is 518 g/mol. The van der Waals surface area contributed by atoms with Gasteiger partial charge in [0, 0.05) is 18.7 Å². The molecule has 0 spiro atoms. The van der Waals surface area contributed by atoms with Crippen LogP contribution >= 0.6 is 0 Å². The average molecular weight is 519 g/mol. The number of aromatic nitrogens is 4. The molecule has 4 bridgehead atoms. The molecule has 3 heterocycles. The summed E-state index contributed by atoms with van der Waals surface area (Å²) in [5.74, 6) is 3.65. The van der Waals surface area contributed by atoms with Gasteiger partial charge in [0.05, 0.1) is 29.8 Å². The highest BCUT2D eigenvalue weighted by atomic mass is 32.2. The highest BCUT2D eigenvalue weighted by Crippen LogP contribution is 2.60. The first kappa shape index (κ1) is 23.3. The third kappa shape index (κ3) is 3.98. The highest BCUT2D eigenvalue weighted by Gasteiger charge is 2.50. The van der Waals surface area contributed by atoms with Gasteiger partial charge in [0.1, 0.15) is 17.0 Å². The zero-order valence-electron chi connectivity index (χ0n) is 21.3. The highest BCUT2D eigenvalue weighted by molar-refractivity contribution is 7.89. The lowest BCUT2D eigenvalue weighted by Crippen LogP contribution is -2.49. The van der Waals surface area contributed by atoms with Crippen molar-refractivity contribution in [3.8, 4) is 5.69 Å². The fraction of sp³-hybridized carbons (Fsp3) is 0.536. The number of nitrogens with zero attached hydrogens (tertiary/aromatic N) is 5. The molecule has 0 radical (unpaired) electrons. The van der Waals surface area contributed by atoms with Crippen LogP contribution in [0.2, 0.25) is 0 Å². The van der Waals surface area contributed by atoms with Crippen molar-refractivity contribution in [1.29, 1.82) is 0 Å². The summed E-state index contributed by atoms with van der Waals surface area (Å²) in [5, 5.41) is 8.10. The van der Waals surface area contributed by atoms with Gasteiger partial charge in [-0.25, -0.2) is 23.1 Å². The van der Waals surface area contributed by atoms with Crippen LogP contribution < -0.4 is 5.32 Å². The maximum Gasteiger partial charge on any atom is 0.246 e. The first-order valence-electron chi connectivity index (χ1n) is 13.6. The lowest BCUT2D eigenvalue weighted by atomic mass is 9.49. The average Bonchev–Trinajstić information content (AvgIpc) is 3.29. The lowest BCUT2D eigenvalue weighted by molar-refractivity contribution is -0.0444. The minimum atomic E-state index is -3.71. The molecule has 9 heteroatoms. The van der Waals surface area contributed by atoms with E-state index in [0.717, 1.165) is 47.1 Å². The Bertz CT molecular complexity index is 1400. The van der Waals surface area contributed by atoms with Crippen molar-refractivity contribution in [1.82, 2.24) is 24.1 Å². The summed E-state index contributed by atoms with van der Waals surface area (Å²) < 4.78 is 30.5. The summed E-state index contributed by atoms with van der Waals surface area (Å²) in [6.45, 7) is 3.44. The quantitative estimate of drug-likeness (QED) is 0.522. The zero-order valence-corrected chi connectivity index (χ0v) is 22.1. The number of benzene rings is 1. The maximum absolute atomic E-state index is 13.6. The third-order valence-corrected chi connectivity index (χ3v) is 11.3. The molecule has 37 heavy (non-hydrogen) atoms. The molecule has 0 atom stereocenters. The summed E-state index contributed by atoms with van der Waals surface area (Å²) in [6.07, 6.45) is 12.0. The summed E-state index contributed by atoms with van der Waals surface area (Å²) in [5.41, 5.74) is 3.72. The number of sulfonamides is 1. The molecule has 1 aromatic carbocycles. The van der Waals surface area contributed by atoms with Crippen LogP contribution in [0.15, 0.2) is 47.8 Å². The Kier molecular flexibility index (Phi) is 5.44. The fourth-order valence-electron chi connectivity index (χ4n) is 8.08. The van der Waals surface area contributed by atoms with Crippen LogP contribution in [0.3, 0.4) is 0 Å². The van der Waals surface area contributed by atoms with Crippen molar-refractivity contribution in [3.05, 3.63) is 59.8 Å². The first-order chi connectivity index (χ1) is 17.9. The summed E-state index contributed by atoms with van der Waals surface area (Å²) in [7, 11) is -3.71. The normalized spacial score (nSPS) is 28.8. The number of hydrogen-bond donors (Lipinski definition) is 1. The fourth-order valence-corrected chi connectivity index (χ4v) is 9.62. The molecule has 0 unspecified atom stereocenters. The van der Waals surface area contributed by atoms with Gasteiger partial charge in [-0.15, -0.1) is 0 Å². The number of nitrogens with one attached hydrogen (secondary N) is 1. The predicted molar refractivity (Wildman–Crippen MR) is 141 cm³/mol. The first-order valence-corrected chi connectivity index (χ1v) is 15.0. The van der Waals surface area contributed by atoms with Gasteiger partial charge in [-0.05, 0) is 87.2 Å². The summed E-state index contributed by atoms with van der Waals surface area (Å²) >= 11 is 0. The van der Waals surface area contributed by atoms with Gasteiger partial charge in [0.25, 0.3) is 0 Å². The Labute approximate surface area is 218 Å². The second-order valence-corrected chi connectivity index (χ2v) is 13.8. The lowest BCUT2D eigenvalue weighted by Gasteiger charge is -2.57. The van der Waals surface area contributed by atoms with E-state index in [2.05, 4.69) is 20.4 Å². The molecule has 5 aliphatic rings. The van der Waals surface area contributed by atoms with E-state index in [1.807, 2.05) is 30.3 Å². The molecule has 0 amide bonds. The standard InChI is InChI=1S/C28H34N6O2S/c1-19-26(15-32-34(19)23-5-3-2-4-6-23)37(35,36)33-8-7-24-25(16-33)30-18-31-27(24)29-17-28-12-20-9-21(13-28)11-22(10-20)14-28/h2-6,15,18,20-22H,7-14,16-17H2,1H3,(H,29,30,31). The van der Waals surface area contributed by atoms with Gasteiger partial charge < -0.3 is 5.32 Å². The molecular formula is C28H34N6O2S. The topological polar surface area (TPSA) is 93.0 Å². The van der Waals surface area contributed by atoms with Crippen molar-refractivity contribution in [2.75, 3.05) is 18.4 Å². The van der Waals surface area contributed by atoms with Crippen LogP contribution in [-0.2, 0) is 23.0 Å². The van der Waals surface area contributed by atoms with Gasteiger partial charge in [-0.1, -0.05) is 18.2 Å². The molecule has 0 saturated heterocycles. The van der Waals surface area contributed by atoms with Gasteiger partial charge >= 0.3 is 0 Å². The molecule has 2 aromatic heterocycles. The minimum absolute atomic E-state index is 0.244. The zero-order chi connectivity index (χ0) is 25.2.